The lowest BCUT2D eigenvalue weighted by Crippen LogP contribution is -2.55. The number of amides is 2. The first-order valence-corrected chi connectivity index (χ1v) is 16.4. The van der Waals surface area contributed by atoms with Crippen LogP contribution in [0.15, 0.2) is 72.8 Å². The monoisotopic (exact) mass is 609 g/mol. The first kappa shape index (κ1) is 32.0. The van der Waals surface area contributed by atoms with E-state index in [9.17, 15) is 22.4 Å². The number of nitrogens with zero attached hydrogens (tertiary/aromatic N) is 2. The van der Waals surface area contributed by atoms with Crippen LogP contribution in [-0.4, -0.2) is 57.1 Å². The van der Waals surface area contributed by atoms with Crippen molar-refractivity contribution < 1.29 is 27.1 Å². The Morgan fingerprint density at radius 2 is 1.67 bits per heavy atom. The summed E-state index contributed by atoms with van der Waals surface area (Å²) in [6.07, 6.45) is 6.01. The van der Waals surface area contributed by atoms with E-state index in [1.807, 2.05) is 30.3 Å². The van der Waals surface area contributed by atoms with Crippen LogP contribution < -0.4 is 14.4 Å². The highest BCUT2D eigenvalue weighted by molar-refractivity contribution is 7.92. The Morgan fingerprint density at radius 3 is 2.33 bits per heavy atom. The van der Waals surface area contributed by atoms with Crippen LogP contribution in [-0.2, 0) is 32.6 Å². The maximum absolute atomic E-state index is 15.0. The van der Waals surface area contributed by atoms with Crippen molar-refractivity contribution in [2.24, 2.45) is 0 Å². The molecule has 8 nitrogen and oxygen atoms in total. The average molecular weight is 610 g/mol. The van der Waals surface area contributed by atoms with Gasteiger partial charge in [-0.1, -0.05) is 73.9 Å². The van der Waals surface area contributed by atoms with E-state index in [-0.39, 0.29) is 41.9 Å². The van der Waals surface area contributed by atoms with Gasteiger partial charge in [0.15, 0.2) is 0 Å². The molecule has 1 aliphatic carbocycles. The van der Waals surface area contributed by atoms with Crippen LogP contribution in [0.3, 0.4) is 0 Å². The van der Waals surface area contributed by atoms with Gasteiger partial charge in [0.1, 0.15) is 24.2 Å². The Morgan fingerprint density at radius 1 is 1.00 bits per heavy atom. The van der Waals surface area contributed by atoms with Gasteiger partial charge in [-0.15, -0.1) is 0 Å². The summed E-state index contributed by atoms with van der Waals surface area (Å²) in [6.45, 7) is 0.986. The number of hydrogen-bond donors (Lipinski definition) is 1. The fourth-order valence-corrected chi connectivity index (χ4v) is 6.34. The lowest BCUT2D eigenvalue weighted by Gasteiger charge is -2.35. The molecule has 0 unspecified atom stereocenters. The number of anilines is 1. The Hall–Kier alpha value is -3.92. The van der Waals surface area contributed by atoms with Crippen LogP contribution in [0.4, 0.5) is 10.1 Å². The molecule has 1 N–H and O–H groups in total. The number of sulfonamides is 1. The van der Waals surface area contributed by atoms with Gasteiger partial charge in [0.25, 0.3) is 0 Å². The molecule has 0 bridgehead atoms. The average Bonchev–Trinajstić information content (AvgIpc) is 2.99. The van der Waals surface area contributed by atoms with E-state index in [2.05, 4.69) is 5.32 Å². The summed E-state index contributed by atoms with van der Waals surface area (Å²) < 4.78 is 47.6. The van der Waals surface area contributed by atoms with Crippen molar-refractivity contribution in [2.45, 2.75) is 64.1 Å². The highest BCUT2D eigenvalue weighted by atomic mass is 32.2. The third-order valence-corrected chi connectivity index (χ3v) is 8.93. The van der Waals surface area contributed by atoms with Crippen molar-refractivity contribution in [2.75, 3.05) is 24.2 Å². The Labute approximate surface area is 253 Å². The molecular formula is C33H40FN3O5S. The summed E-state index contributed by atoms with van der Waals surface area (Å²) in [4.78, 5) is 29.6. The van der Waals surface area contributed by atoms with Gasteiger partial charge in [0, 0.05) is 24.6 Å². The minimum absolute atomic E-state index is 0.0194. The van der Waals surface area contributed by atoms with Crippen LogP contribution in [0, 0.1) is 12.7 Å². The van der Waals surface area contributed by atoms with E-state index in [1.165, 1.54) is 18.1 Å². The smallest absolute Gasteiger partial charge is 0.244 e. The molecule has 230 valence electrons. The molecule has 1 saturated carbocycles. The van der Waals surface area contributed by atoms with E-state index >= 15 is 0 Å². The lowest BCUT2D eigenvalue weighted by molar-refractivity contribution is -0.140. The Kier molecular flexibility index (Phi) is 10.8. The van der Waals surface area contributed by atoms with Gasteiger partial charge in [-0.25, -0.2) is 12.8 Å². The van der Waals surface area contributed by atoms with Crippen molar-refractivity contribution in [1.82, 2.24) is 10.2 Å². The van der Waals surface area contributed by atoms with Gasteiger partial charge in [-0.3, -0.25) is 13.9 Å². The molecule has 1 fully saturated rings. The zero-order valence-electron chi connectivity index (χ0n) is 25.0. The number of nitrogens with one attached hydrogen (secondary N) is 1. The first-order chi connectivity index (χ1) is 20.6. The number of halogens is 1. The number of ether oxygens (including phenoxy) is 1. The molecule has 10 heteroatoms. The van der Waals surface area contributed by atoms with Crippen molar-refractivity contribution in [3.05, 3.63) is 95.3 Å². The standard InChI is InChI=1S/C33H40FN3O5S/c1-24-18-19-31(42-2)29(20-24)37(43(3,40)41)23-32(38)36(22-26-14-10-11-17-28(26)34)30(21-25-12-6-4-7-13-25)33(39)35-27-15-8-5-9-16-27/h4,6-7,10-14,17-20,27,30H,5,8-9,15-16,21-23H2,1-3H3,(H,35,39)/t30-/m1/s1. The summed E-state index contributed by atoms with van der Waals surface area (Å²) in [5.74, 6) is -1.23. The lowest BCUT2D eigenvalue weighted by atomic mass is 9.94. The molecule has 0 aromatic heterocycles. The molecular weight excluding hydrogens is 569 g/mol. The summed E-state index contributed by atoms with van der Waals surface area (Å²) in [5, 5.41) is 3.14. The highest BCUT2D eigenvalue weighted by Crippen LogP contribution is 2.31. The molecule has 3 aromatic rings. The van der Waals surface area contributed by atoms with Crippen LogP contribution in [0.5, 0.6) is 5.75 Å². The molecule has 0 spiro atoms. The third kappa shape index (κ3) is 8.56. The van der Waals surface area contributed by atoms with Crippen molar-refractivity contribution >= 4 is 27.5 Å². The van der Waals surface area contributed by atoms with Gasteiger partial charge in [-0.2, -0.15) is 0 Å². The van der Waals surface area contributed by atoms with E-state index in [0.29, 0.717) is 0 Å². The quantitative estimate of drug-likeness (QED) is 0.312. The maximum atomic E-state index is 15.0. The van der Waals surface area contributed by atoms with E-state index in [0.717, 1.165) is 53.8 Å². The molecule has 43 heavy (non-hydrogen) atoms. The fraction of sp³-hybridized carbons (Fsp3) is 0.394. The fourth-order valence-electron chi connectivity index (χ4n) is 5.50. The second kappa shape index (κ2) is 14.5. The molecule has 0 heterocycles. The molecule has 1 aliphatic rings. The van der Waals surface area contributed by atoms with Crippen molar-refractivity contribution in [3.63, 3.8) is 0 Å². The van der Waals surface area contributed by atoms with E-state index < -0.39 is 34.3 Å². The minimum atomic E-state index is -3.97. The number of carbonyl (C=O) groups is 2. The summed E-state index contributed by atoms with van der Waals surface area (Å²) in [5.41, 5.74) is 2.01. The number of benzene rings is 3. The number of hydrogen-bond acceptors (Lipinski definition) is 5. The summed E-state index contributed by atoms with van der Waals surface area (Å²) in [6, 6.07) is 19.4. The van der Waals surface area contributed by atoms with Gasteiger partial charge >= 0.3 is 0 Å². The summed E-state index contributed by atoms with van der Waals surface area (Å²) in [7, 11) is -2.55. The van der Waals surface area contributed by atoms with Gasteiger partial charge < -0.3 is 15.0 Å². The van der Waals surface area contributed by atoms with Crippen molar-refractivity contribution in [3.8, 4) is 5.75 Å². The summed E-state index contributed by atoms with van der Waals surface area (Å²) >= 11 is 0. The number of carbonyl (C=O) groups excluding carboxylic acids is 2. The van der Waals surface area contributed by atoms with Crippen LogP contribution in [0.25, 0.3) is 0 Å². The SMILES string of the molecule is COc1ccc(C)cc1N(CC(=O)N(Cc1ccccc1F)[C@H](Cc1ccccc1)C(=O)NC1CCCCC1)S(C)(=O)=O. The third-order valence-electron chi connectivity index (χ3n) is 7.80. The minimum Gasteiger partial charge on any atom is -0.495 e. The maximum Gasteiger partial charge on any atom is 0.244 e. The topological polar surface area (TPSA) is 96.0 Å². The van der Waals surface area contributed by atoms with Crippen LogP contribution in [0.1, 0.15) is 48.8 Å². The van der Waals surface area contributed by atoms with Crippen molar-refractivity contribution in [1.29, 1.82) is 0 Å². The molecule has 1 atom stereocenters. The van der Waals surface area contributed by atoms with Gasteiger partial charge in [0.05, 0.1) is 19.1 Å². The second-order valence-electron chi connectivity index (χ2n) is 11.1. The largest absolute Gasteiger partial charge is 0.495 e. The molecule has 2 amide bonds. The zero-order valence-corrected chi connectivity index (χ0v) is 25.8. The molecule has 0 aliphatic heterocycles. The zero-order chi connectivity index (χ0) is 31.0. The normalized spacial score (nSPS) is 14.5. The number of aryl methyl sites for hydroxylation is 1. The van der Waals surface area contributed by atoms with E-state index in [1.54, 1.807) is 43.3 Å². The van der Waals surface area contributed by atoms with E-state index in [4.69, 9.17) is 4.74 Å². The number of rotatable bonds is 12. The Balaban J connectivity index is 1.76. The molecule has 0 saturated heterocycles. The first-order valence-electron chi connectivity index (χ1n) is 14.6. The Bertz CT molecular complexity index is 1510. The molecule has 4 rings (SSSR count). The molecule has 3 aromatic carbocycles. The van der Waals surface area contributed by atoms with Crippen LogP contribution >= 0.6 is 0 Å². The predicted octanol–water partition coefficient (Wildman–Crippen LogP) is 5.00. The highest BCUT2D eigenvalue weighted by Gasteiger charge is 2.35. The second-order valence-corrected chi connectivity index (χ2v) is 13.0. The number of methoxy groups -OCH3 is 1. The van der Waals surface area contributed by atoms with Gasteiger partial charge in [0.2, 0.25) is 21.8 Å². The van der Waals surface area contributed by atoms with Crippen LogP contribution in [0.2, 0.25) is 0 Å². The predicted molar refractivity (Wildman–Crippen MR) is 166 cm³/mol. The van der Waals surface area contributed by atoms with Gasteiger partial charge in [-0.05, 0) is 49.1 Å². The molecule has 0 radical (unpaired) electrons.